The van der Waals surface area contributed by atoms with Crippen LogP contribution in [0.1, 0.15) is 19.5 Å². The lowest BCUT2D eigenvalue weighted by atomic mass is 10.1. The number of carbonyl (C=O) groups is 1. The van der Waals surface area contributed by atoms with Gasteiger partial charge in [0.05, 0.1) is 26.4 Å². The predicted octanol–water partition coefficient (Wildman–Crippen LogP) is 0.928. The number of ether oxygens (including phenoxy) is 5. The molecule has 9 heteroatoms. The van der Waals surface area contributed by atoms with Crippen LogP contribution in [0.25, 0.3) is 0 Å². The average molecular weight is 368 g/mol. The molecule has 0 amide bonds. The van der Waals surface area contributed by atoms with Crippen LogP contribution in [0, 0.1) is 0 Å². The largest absolute Gasteiger partial charge is 0.503 e. The van der Waals surface area contributed by atoms with Crippen molar-refractivity contribution in [2.75, 3.05) is 46.8 Å². The highest BCUT2D eigenvalue weighted by atomic mass is 16.6. The van der Waals surface area contributed by atoms with Crippen molar-refractivity contribution in [2.45, 2.75) is 19.4 Å². The minimum absolute atomic E-state index is 0.0146. The molecular weight excluding hydrogens is 344 g/mol. The summed E-state index contributed by atoms with van der Waals surface area (Å²) in [7, 11) is 1.59. The number of carbonyl (C=O) groups excluding carboxylic acids is 1. The van der Waals surface area contributed by atoms with Crippen LogP contribution in [0.3, 0.4) is 0 Å². The highest BCUT2D eigenvalue weighted by Gasteiger charge is 2.42. The molecule has 1 unspecified atom stereocenters. The van der Waals surface area contributed by atoms with Crippen molar-refractivity contribution >= 4 is 11.9 Å². The van der Waals surface area contributed by atoms with Crippen molar-refractivity contribution in [3.05, 3.63) is 18.0 Å². The molecule has 0 aromatic carbocycles. The standard InChI is InChI=1S/C17H24N2O7/c1-4-24-16(21)17(2)11-26-15(19-17)13-14(20)12(5-6-18-13)25-10-9-23-8-7-22-3/h5-6,20H,4,7-11H2,1-3H3. The molecule has 0 fully saturated rings. The van der Waals surface area contributed by atoms with Gasteiger partial charge < -0.3 is 28.8 Å². The molecule has 0 bridgehead atoms. The molecule has 0 saturated carbocycles. The summed E-state index contributed by atoms with van der Waals surface area (Å²) in [6, 6.07) is 1.52. The van der Waals surface area contributed by atoms with E-state index in [9.17, 15) is 9.90 Å². The fourth-order valence-electron chi connectivity index (χ4n) is 2.17. The third-order valence-electron chi connectivity index (χ3n) is 3.56. The first-order chi connectivity index (χ1) is 12.5. The Hall–Kier alpha value is -2.39. The van der Waals surface area contributed by atoms with Crippen LogP contribution >= 0.6 is 0 Å². The van der Waals surface area contributed by atoms with Gasteiger partial charge in [-0.25, -0.2) is 14.8 Å². The summed E-state index contributed by atoms with van der Waals surface area (Å²) < 4.78 is 26.1. The zero-order chi connectivity index (χ0) is 19.0. The first-order valence-electron chi connectivity index (χ1n) is 8.29. The van der Waals surface area contributed by atoms with Crippen molar-refractivity contribution in [3.8, 4) is 11.5 Å². The second-order valence-corrected chi connectivity index (χ2v) is 5.66. The van der Waals surface area contributed by atoms with E-state index in [1.807, 2.05) is 0 Å². The van der Waals surface area contributed by atoms with Gasteiger partial charge in [-0.15, -0.1) is 0 Å². The highest BCUT2D eigenvalue weighted by Crippen LogP contribution is 2.32. The second-order valence-electron chi connectivity index (χ2n) is 5.66. The van der Waals surface area contributed by atoms with Gasteiger partial charge in [0, 0.05) is 19.4 Å². The van der Waals surface area contributed by atoms with Gasteiger partial charge in [-0.1, -0.05) is 0 Å². The summed E-state index contributed by atoms with van der Waals surface area (Å²) in [5.41, 5.74) is -1.05. The number of hydrogen-bond acceptors (Lipinski definition) is 9. The number of aromatic nitrogens is 1. The van der Waals surface area contributed by atoms with Crippen LogP contribution in [-0.4, -0.2) is 74.2 Å². The van der Waals surface area contributed by atoms with E-state index in [1.54, 1.807) is 21.0 Å². The number of esters is 1. The molecule has 0 spiro atoms. The zero-order valence-electron chi connectivity index (χ0n) is 15.2. The Morgan fingerprint density at radius 3 is 2.85 bits per heavy atom. The molecule has 1 aromatic heterocycles. The van der Waals surface area contributed by atoms with Gasteiger partial charge in [-0.2, -0.15) is 0 Å². The Kier molecular flexibility index (Phi) is 7.16. The molecule has 0 radical (unpaired) electrons. The Balaban J connectivity index is 2.03. The van der Waals surface area contributed by atoms with E-state index in [4.69, 9.17) is 23.7 Å². The summed E-state index contributed by atoms with van der Waals surface area (Å²) in [5.74, 6) is -0.410. The van der Waals surface area contributed by atoms with Crippen molar-refractivity contribution in [3.63, 3.8) is 0 Å². The van der Waals surface area contributed by atoms with Crippen molar-refractivity contribution < 1.29 is 33.6 Å². The minimum Gasteiger partial charge on any atom is -0.503 e. The van der Waals surface area contributed by atoms with Crippen molar-refractivity contribution in [1.82, 2.24) is 4.98 Å². The van der Waals surface area contributed by atoms with Crippen LogP contribution in [-0.2, 0) is 23.7 Å². The van der Waals surface area contributed by atoms with Gasteiger partial charge in [0.15, 0.2) is 22.7 Å². The maximum atomic E-state index is 12.0. The summed E-state index contributed by atoms with van der Waals surface area (Å²) in [6.07, 6.45) is 1.46. The smallest absolute Gasteiger partial charge is 0.337 e. The third-order valence-corrected chi connectivity index (χ3v) is 3.56. The zero-order valence-corrected chi connectivity index (χ0v) is 15.2. The topological polar surface area (TPSA) is 109 Å². The van der Waals surface area contributed by atoms with E-state index < -0.39 is 11.5 Å². The first kappa shape index (κ1) is 19.9. The molecule has 26 heavy (non-hydrogen) atoms. The Labute approximate surface area is 151 Å². The molecule has 0 aliphatic carbocycles. The lowest BCUT2D eigenvalue weighted by Gasteiger charge is -2.15. The third kappa shape index (κ3) is 4.83. The highest BCUT2D eigenvalue weighted by molar-refractivity contribution is 5.99. The van der Waals surface area contributed by atoms with Crippen LogP contribution in [0.2, 0.25) is 0 Å². The maximum Gasteiger partial charge on any atom is 0.337 e. The maximum absolute atomic E-state index is 12.0. The molecule has 1 N–H and O–H groups in total. The number of nitrogens with zero attached hydrogens (tertiary/aromatic N) is 2. The average Bonchev–Trinajstić information content (AvgIpc) is 3.03. The number of pyridine rings is 1. The Bertz CT molecular complexity index is 650. The summed E-state index contributed by atoms with van der Waals surface area (Å²) in [5, 5.41) is 10.4. The lowest BCUT2D eigenvalue weighted by Crippen LogP contribution is -2.36. The fraction of sp³-hybridized carbons (Fsp3) is 0.588. The first-order valence-corrected chi connectivity index (χ1v) is 8.29. The second kappa shape index (κ2) is 9.35. The summed E-state index contributed by atoms with van der Waals surface area (Å²) in [4.78, 5) is 20.3. The number of rotatable bonds is 10. The van der Waals surface area contributed by atoms with Gasteiger partial charge >= 0.3 is 5.97 Å². The molecule has 9 nitrogen and oxygen atoms in total. The molecule has 1 aliphatic heterocycles. The molecule has 1 aliphatic rings. The Morgan fingerprint density at radius 1 is 1.35 bits per heavy atom. The molecular formula is C17H24N2O7. The van der Waals surface area contributed by atoms with Crippen molar-refractivity contribution in [1.29, 1.82) is 0 Å². The SMILES string of the molecule is CCOC(=O)C1(C)COC(c2nccc(OCCOCCOC)c2O)=N1. The van der Waals surface area contributed by atoms with Crippen LogP contribution in [0.4, 0.5) is 0 Å². The number of aliphatic imine (C=N–C) groups is 1. The fourth-order valence-corrected chi connectivity index (χ4v) is 2.17. The number of hydrogen-bond donors (Lipinski definition) is 1. The van der Waals surface area contributed by atoms with E-state index in [0.717, 1.165) is 0 Å². The molecule has 2 rings (SSSR count). The molecule has 1 atom stereocenters. The van der Waals surface area contributed by atoms with E-state index in [1.165, 1.54) is 12.3 Å². The summed E-state index contributed by atoms with van der Waals surface area (Å²) in [6.45, 7) is 5.14. The molecule has 2 heterocycles. The quantitative estimate of drug-likeness (QED) is 0.480. The van der Waals surface area contributed by atoms with E-state index in [0.29, 0.717) is 19.8 Å². The normalized spacial score (nSPS) is 19.0. The lowest BCUT2D eigenvalue weighted by molar-refractivity contribution is -0.149. The van der Waals surface area contributed by atoms with Gasteiger partial charge in [0.1, 0.15) is 13.2 Å². The van der Waals surface area contributed by atoms with Crippen molar-refractivity contribution in [2.24, 2.45) is 4.99 Å². The molecule has 144 valence electrons. The monoisotopic (exact) mass is 368 g/mol. The van der Waals surface area contributed by atoms with E-state index in [2.05, 4.69) is 9.98 Å². The molecule has 0 saturated heterocycles. The number of aromatic hydroxyl groups is 1. The minimum atomic E-state index is -1.16. The van der Waals surface area contributed by atoms with Crippen LogP contribution < -0.4 is 4.74 Å². The number of methoxy groups -OCH3 is 1. The van der Waals surface area contributed by atoms with Gasteiger partial charge in [0.25, 0.3) is 0 Å². The van der Waals surface area contributed by atoms with Gasteiger partial charge in [0.2, 0.25) is 5.90 Å². The predicted molar refractivity (Wildman–Crippen MR) is 91.6 cm³/mol. The van der Waals surface area contributed by atoms with Gasteiger partial charge in [-0.05, 0) is 13.8 Å². The summed E-state index contributed by atoms with van der Waals surface area (Å²) >= 11 is 0. The molecule has 1 aromatic rings. The van der Waals surface area contributed by atoms with Crippen LogP contribution in [0.15, 0.2) is 17.3 Å². The van der Waals surface area contributed by atoms with E-state index >= 15 is 0 Å². The Morgan fingerprint density at radius 2 is 2.12 bits per heavy atom. The van der Waals surface area contributed by atoms with Gasteiger partial charge in [-0.3, -0.25) is 0 Å². The van der Waals surface area contributed by atoms with E-state index in [-0.39, 0.29) is 42.9 Å². The van der Waals surface area contributed by atoms with Crippen LogP contribution in [0.5, 0.6) is 11.5 Å².